The molecule has 1 heterocycles. The number of nitrogens with zero attached hydrogens (tertiary/aromatic N) is 2. The quantitative estimate of drug-likeness (QED) is 0.794. The standard InChI is InChI=1S/C16H17ClN2O2/c1-3-14-13(16(20)21-4-2)10-18-15(19-14)9-11-5-7-12(17)8-6-11/h5-8,10H,3-4,9H2,1-2H3. The predicted octanol–water partition coefficient (Wildman–Crippen LogP) is 3.46. The highest BCUT2D eigenvalue weighted by molar-refractivity contribution is 6.30. The summed E-state index contributed by atoms with van der Waals surface area (Å²) in [7, 11) is 0. The summed E-state index contributed by atoms with van der Waals surface area (Å²) in [4.78, 5) is 20.5. The summed E-state index contributed by atoms with van der Waals surface area (Å²) in [5.74, 6) is 0.314. The molecule has 0 N–H and O–H groups in total. The minimum atomic E-state index is -0.368. The molecule has 0 unspecified atom stereocenters. The fourth-order valence-electron chi connectivity index (χ4n) is 1.98. The molecule has 1 aromatic carbocycles. The Morgan fingerprint density at radius 2 is 1.95 bits per heavy atom. The minimum Gasteiger partial charge on any atom is -0.462 e. The molecule has 1 aromatic heterocycles. The number of aromatic nitrogens is 2. The van der Waals surface area contributed by atoms with Gasteiger partial charge in [-0.15, -0.1) is 0 Å². The molecule has 21 heavy (non-hydrogen) atoms. The Labute approximate surface area is 129 Å². The van der Waals surface area contributed by atoms with Crippen molar-refractivity contribution in [2.24, 2.45) is 0 Å². The first-order valence-electron chi connectivity index (χ1n) is 6.90. The fourth-order valence-corrected chi connectivity index (χ4v) is 2.10. The zero-order chi connectivity index (χ0) is 15.2. The number of benzene rings is 1. The lowest BCUT2D eigenvalue weighted by molar-refractivity contribution is 0.0524. The number of esters is 1. The van der Waals surface area contributed by atoms with E-state index in [0.717, 1.165) is 5.56 Å². The van der Waals surface area contributed by atoms with Gasteiger partial charge in [0.25, 0.3) is 0 Å². The smallest absolute Gasteiger partial charge is 0.341 e. The Bertz CT molecular complexity index is 627. The van der Waals surface area contributed by atoms with Crippen molar-refractivity contribution >= 4 is 17.6 Å². The number of halogens is 1. The lowest BCUT2D eigenvalue weighted by Gasteiger charge is -2.08. The zero-order valence-electron chi connectivity index (χ0n) is 12.1. The van der Waals surface area contributed by atoms with Gasteiger partial charge in [0.15, 0.2) is 0 Å². The van der Waals surface area contributed by atoms with E-state index in [9.17, 15) is 4.79 Å². The molecular formula is C16H17ClN2O2. The van der Waals surface area contributed by atoms with Crippen LogP contribution in [-0.4, -0.2) is 22.5 Å². The van der Waals surface area contributed by atoms with E-state index in [1.54, 1.807) is 13.1 Å². The molecule has 0 saturated carbocycles. The highest BCUT2D eigenvalue weighted by atomic mass is 35.5. The fraction of sp³-hybridized carbons (Fsp3) is 0.312. The molecule has 0 atom stereocenters. The second kappa shape index (κ2) is 7.18. The molecule has 0 aliphatic heterocycles. The van der Waals surface area contributed by atoms with Crippen molar-refractivity contribution in [3.8, 4) is 0 Å². The van der Waals surface area contributed by atoms with Crippen LogP contribution in [-0.2, 0) is 17.6 Å². The Morgan fingerprint density at radius 1 is 1.24 bits per heavy atom. The lowest BCUT2D eigenvalue weighted by Crippen LogP contribution is -2.12. The van der Waals surface area contributed by atoms with Crippen LogP contribution < -0.4 is 0 Å². The number of aryl methyl sites for hydroxylation is 1. The van der Waals surface area contributed by atoms with Crippen LogP contribution in [0.5, 0.6) is 0 Å². The second-order valence-electron chi connectivity index (χ2n) is 4.52. The molecule has 2 aromatic rings. The third-order valence-corrected chi connectivity index (χ3v) is 3.28. The van der Waals surface area contributed by atoms with Gasteiger partial charge in [0.2, 0.25) is 0 Å². The van der Waals surface area contributed by atoms with Crippen molar-refractivity contribution in [3.05, 3.63) is 58.1 Å². The molecule has 0 fully saturated rings. The summed E-state index contributed by atoms with van der Waals surface area (Å²) in [6, 6.07) is 7.56. The van der Waals surface area contributed by atoms with E-state index in [0.29, 0.717) is 41.6 Å². The molecule has 0 amide bonds. The van der Waals surface area contributed by atoms with Crippen molar-refractivity contribution in [2.45, 2.75) is 26.7 Å². The van der Waals surface area contributed by atoms with Gasteiger partial charge in [-0.25, -0.2) is 14.8 Å². The van der Waals surface area contributed by atoms with Gasteiger partial charge in [0, 0.05) is 17.6 Å². The summed E-state index contributed by atoms with van der Waals surface area (Å²) in [5, 5.41) is 0.701. The van der Waals surface area contributed by atoms with Crippen molar-refractivity contribution in [1.29, 1.82) is 0 Å². The number of carbonyl (C=O) groups is 1. The molecule has 110 valence electrons. The number of hydrogen-bond donors (Lipinski definition) is 0. The number of ether oxygens (including phenoxy) is 1. The topological polar surface area (TPSA) is 52.1 Å². The minimum absolute atomic E-state index is 0.342. The van der Waals surface area contributed by atoms with Crippen LogP contribution in [0.1, 0.15) is 41.3 Å². The van der Waals surface area contributed by atoms with Crippen LogP contribution in [0, 0.1) is 0 Å². The maximum atomic E-state index is 11.8. The van der Waals surface area contributed by atoms with Crippen LogP contribution in [0.4, 0.5) is 0 Å². The average Bonchev–Trinajstić information content (AvgIpc) is 2.49. The summed E-state index contributed by atoms with van der Waals surface area (Å²) in [6.07, 6.45) is 2.81. The highest BCUT2D eigenvalue weighted by Crippen LogP contribution is 2.14. The first-order chi connectivity index (χ1) is 10.1. The third-order valence-electron chi connectivity index (χ3n) is 3.02. The Kier molecular flexibility index (Phi) is 5.28. The maximum Gasteiger partial charge on any atom is 0.341 e. The molecule has 0 aliphatic rings. The van der Waals surface area contributed by atoms with E-state index in [2.05, 4.69) is 9.97 Å². The highest BCUT2D eigenvalue weighted by Gasteiger charge is 2.14. The second-order valence-corrected chi connectivity index (χ2v) is 4.96. The van der Waals surface area contributed by atoms with Crippen LogP contribution >= 0.6 is 11.6 Å². The van der Waals surface area contributed by atoms with Gasteiger partial charge >= 0.3 is 5.97 Å². The lowest BCUT2D eigenvalue weighted by atomic mass is 10.1. The molecule has 0 bridgehead atoms. The molecule has 0 radical (unpaired) electrons. The number of rotatable bonds is 5. The first kappa shape index (κ1) is 15.4. The van der Waals surface area contributed by atoms with E-state index in [-0.39, 0.29) is 5.97 Å². The van der Waals surface area contributed by atoms with Crippen molar-refractivity contribution in [3.63, 3.8) is 0 Å². The van der Waals surface area contributed by atoms with Gasteiger partial charge in [0.05, 0.1) is 17.9 Å². The van der Waals surface area contributed by atoms with Gasteiger partial charge in [-0.2, -0.15) is 0 Å². The SMILES string of the molecule is CCOC(=O)c1cnc(Cc2ccc(Cl)cc2)nc1CC. The summed E-state index contributed by atoms with van der Waals surface area (Å²) < 4.78 is 5.01. The van der Waals surface area contributed by atoms with Crippen LogP contribution in [0.25, 0.3) is 0 Å². The third kappa shape index (κ3) is 4.02. The monoisotopic (exact) mass is 304 g/mol. The van der Waals surface area contributed by atoms with E-state index in [1.165, 1.54) is 0 Å². The number of hydrogen-bond acceptors (Lipinski definition) is 4. The van der Waals surface area contributed by atoms with Gasteiger partial charge in [0.1, 0.15) is 5.82 Å². The summed E-state index contributed by atoms with van der Waals surface area (Å²) >= 11 is 5.87. The number of carbonyl (C=O) groups excluding carboxylic acids is 1. The van der Waals surface area contributed by atoms with Crippen molar-refractivity contribution < 1.29 is 9.53 Å². The van der Waals surface area contributed by atoms with E-state index in [1.807, 2.05) is 31.2 Å². The van der Waals surface area contributed by atoms with Crippen LogP contribution in [0.3, 0.4) is 0 Å². The molecule has 5 heteroatoms. The normalized spacial score (nSPS) is 10.4. The summed E-state index contributed by atoms with van der Waals surface area (Å²) in [6.45, 7) is 4.07. The molecule has 0 spiro atoms. The largest absolute Gasteiger partial charge is 0.462 e. The van der Waals surface area contributed by atoms with E-state index >= 15 is 0 Å². The molecule has 4 nitrogen and oxygen atoms in total. The molecular weight excluding hydrogens is 288 g/mol. The van der Waals surface area contributed by atoms with E-state index < -0.39 is 0 Å². The predicted molar refractivity (Wildman–Crippen MR) is 81.6 cm³/mol. The van der Waals surface area contributed by atoms with Gasteiger partial charge in [-0.3, -0.25) is 0 Å². The van der Waals surface area contributed by atoms with Crippen molar-refractivity contribution in [1.82, 2.24) is 9.97 Å². The maximum absolute atomic E-state index is 11.8. The molecule has 0 aliphatic carbocycles. The van der Waals surface area contributed by atoms with Crippen LogP contribution in [0.2, 0.25) is 5.02 Å². The van der Waals surface area contributed by atoms with Crippen LogP contribution in [0.15, 0.2) is 30.5 Å². The Morgan fingerprint density at radius 3 is 2.57 bits per heavy atom. The summed E-state index contributed by atoms with van der Waals surface area (Å²) in [5.41, 5.74) is 2.23. The van der Waals surface area contributed by atoms with Gasteiger partial charge in [-0.1, -0.05) is 30.7 Å². The average molecular weight is 305 g/mol. The van der Waals surface area contributed by atoms with Gasteiger partial charge in [-0.05, 0) is 31.0 Å². The Balaban J connectivity index is 2.22. The zero-order valence-corrected chi connectivity index (χ0v) is 12.9. The van der Waals surface area contributed by atoms with E-state index in [4.69, 9.17) is 16.3 Å². The first-order valence-corrected chi connectivity index (χ1v) is 7.28. The van der Waals surface area contributed by atoms with Crippen molar-refractivity contribution in [2.75, 3.05) is 6.61 Å². The Hall–Kier alpha value is -1.94. The van der Waals surface area contributed by atoms with Gasteiger partial charge < -0.3 is 4.74 Å². The molecule has 2 rings (SSSR count). The molecule has 0 saturated heterocycles.